The standard InChI is InChI=1S/C11H19NO2/c1-3-4-11(9-13-2)12-7-10-5-6-14-8-10/h5-6,8,11-12H,3-4,7,9H2,1-2H3. The van der Waals surface area contributed by atoms with E-state index in [0.29, 0.717) is 6.04 Å². The summed E-state index contributed by atoms with van der Waals surface area (Å²) < 4.78 is 10.1. The molecule has 1 aromatic heterocycles. The smallest absolute Gasteiger partial charge is 0.0947 e. The molecule has 1 N–H and O–H groups in total. The Morgan fingerprint density at radius 2 is 2.43 bits per heavy atom. The molecule has 0 aliphatic carbocycles. The van der Waals surface area contributed by atoms with E-state index in [1.165, 1.54) is 12.0 Å². The molecule has 0 aliphatic heterocycles. The molecule has 0 aromatic carbocycles. The number of nitrogens with one attached hydrogen (secondary N) is 1. The average molecular weight is 197 g/mol. The van der Waals surface area contributed by atoms with Gasteiger partial charge in [-0.1, -0.05) is 13.3 Å². The Morgan fingerprint density at radius 3 is 3.00 bits per heavy atom. The quantitative estimate of drug-likeness (QED) is 0.727. The summed E-state index contributed by atoms with van der Waals surface area (Å²) in [6.07, 6.45) is 5.78. The fourth-order valence-electron chi connectivity index (χ4n) is 1.45. The Balaban J connectivity index is 2.25. The zero-order valence-corrected chi connectivity index (χ0v) is 8.95. The van der Waals surface area contributed by atoms with Crippen LogP contribution in [-0.2, 0) is 11.3 Å². The highest BCUT2D eigenvalue weighted by Gasteiger charge is 2.06. The first-order chi connectivity index (χ1) is 6.86. The van der Waals surface area contributed by atoms with Crippen molar-refractivity contribution < 1.29 is 9.15 Å². The third kappa shape index (κ3) is 3.94. The van der Waals surface area contributed by atoms with Crippen LogP contribution in [-0.4, -0.2) is 19.8 Å². The van der Waals surface area contributed by atoms with Crippen LogP contribution < -0.4 is 5.32 Å². The average Bonchev–Trinajstić information content (AvgIpc) is 2.67. The number of rotatable bonds is 7. The van der Waals surface area contributed by atoms with Crippen LogP contribution in [0.5, 0.6) is 0 Å². The van der Waals surface area contributed by atoms with Crippen molar-refractivity contribution >= 4 is 0 Å². The van der Waals surface area contributed by atoms with Crippen molar-refractivity contribution in [3.05, 3.63) is 24.2 Å². The normalized spacial score (nSPS) is 13.0. The molecule has 1 aromatic rings. The molecule has 3 nitrogen and oxygen atoms in total. The van der Waals surface area contributed by atoms with Crippen molar-refractivity contribution in [3.8, 4) is 0 Å². The van der Waals surface area contributed by atoms with Gasteiger partial charge in [-0.25, -0.2) is 0 Å². The summed E-state index contributed by atoms with van der Waals surface area (Å²) in [7, 11) is 1.74. The van der Waals surface area contributed by atoms with E-state index in [1.54, 1.807) is 19.6 Å². The van der Waals surface area contributed by atoms with Crippen LogP contribution in [0.15, 0.2) is 23.0 Å². The van der Waals surface area contributed by atoms with Gasteiger partial charge in [-0.2, -0.15) is 0 Å². The lowest BCUT2D eigenvalue weighted by Crippen LogP contribution is -2.32. The summed E-state index contributed by atoms with van der Waals surface area (Å²) >= 11 is 0. The first-order valence-corrected chi connectivity index (χ1v) is 5.10. The maximum atomic E-state index is 5.14. The second kappa shape index (κ2) is 6.62. The third-order valence-corrected chi connectivity index (χ3v) is 2.18. The summed E-state index contributed by atoms with van der Waals surface area (Å²) in [6, 6.07) is 2.42. The summed E-state index contributed by atoms with van der Waals surface area (Å²) in [5, 5.41) is 3.44. The summed E-state index contributed by atoms with van der Waals surface area (Å²) in [5.41, 5.74) is 1.18. The van der Waals surface area contributed by atoms with Gasteiger partial charge in [-0.3, -0.25) is 0 Å². The topological polar surface area (TPSA) is 34.4 Å². The minimum atomic E-state index is 0.444. The van der Waals surface area contributed by atoms with Crippen LogP contribution in [0.3, 0.4) is 0 Å². The first-order valence-electron chi connectivity index (χ1n) is 5.10. The third-order valence-electron chi connectivity index (χ3n) is 2.18. The van der Waals surface area contributed by atoms with E-state index in [4.69, 9.17) is 9.15 Å². The molecule has 1 unspecified atom stereocenters. The van der Waals surface area contributed by atoms with Gasteiger partial charge in [0.25, 0.3) is 0 Å². The summed E-state index contributed by atoms with van der Waals surface area (Å²) in [4.78, 5) is 0. The van der Waals surface area contributed by atoms with E-state index in [9.17, 15) is 0 Å². The van der Waals surface area contributed by atoms with Crippen molar-refractivity contribution in [2.24, 2.45) is 0 Å². The molecule has 14 heavy (non-hydrogen) atoms. The lowest BCUT2D eigenvalue weighted by Gasteiger charge is -2.16. The fraction of sp³-hybridized carbons (Fsp3) is 0.636. The molecule has 3 heteroatoms. The molecule has 0 amide bonds. The highest BCUT2D eigenvalue weighted by atomic mass is 16.5. The Kier molecular flexibility index (Phi) is 5.33. The maximum Gasteiger partial charge on any atom is 0.0947 e. The molecule has 1 heterocycles. The van der Waals surface area contributed by atoms with Gasteiger partial charge in [-0.05, 0) is 12.5 Å². The van der Waals surface area contributed by atoms with E-state index >= 15 is 0 Å². The van der Waals surface area contributed by atoms with Gasteiger partial charge < -0.3 is 14.5 Å². The second-order valence-corrected chi connectivity index (χ2v) is 3.45. The summed E-state index contributed by atoms with van der Waals surface area (Å²) in [6.45, 7) is 3.80. The number of ether oxygens (including phenoxy) is 1. The lowest BCUT2D eigenvalue weighted by molar-refractivity contribution is 0.161. The molecule has 0 saturated heterocycles. The van der Waals surface area contributed by atoms with Crippen LogP contribution in [0.1, 0.15) is 25.3 Å². The minimum Gasteiger partial charge on any atom is -0.472 e. The maximum absolute atomic E-state index is 5.14. The fourth-order valence-corrected chi connectivity index (χ4v) is 1.45. The van der Waals surface area contributed by atoms with E-state index in [1.807, 2.05) is 6.07 Å². The second-order valence-electron chi connectivity index (χ2n) is 3.45. The van der Waals surface area contributed by atoms with Gasteiger partial charge in [-0.15, -0.1) is 0 Å². The molecule has 0 bridgehead atoms. The largest absolute Gasteiger partial charge is 0.472 e. The van der Waals surface area contributed by atoms with Crippen molar-refractivity contribution in [2.75, 3.05) is 13.7 Å². The SMILES string of the molecule is CCCC(COC)NCc1ccoc1. The van der Waals surface area contributed by atoms with Crippen molar-refractivity contribution in [1.82, 2.24) is 5.32 Å². The van der Waals surface area contributed by atoms with E-state index in [2.05, 4.69) is 12.2 Å². The lowest BCUT2D eigenvalue weighted by atomic mass is 10.1. The van der Waals surface area contributed by atoms with Crippen LogP contribution >= 0.6 is 0 Å². The molecule has 0 fully saturated rings. The number of methoxy groups -OCH3 is 1. The molecular weight excluding hydrogens is 178 g/mol. The minimum absolute atomic E-state index is 0.444. The Morgan fingerprint density at radius 1 is 1.57 bits per heavy atom. The molecule has 1 atom stereocenters. The van der Waals surface area contributed by atoms with Crippen molar-refractivity contribution in [3.63, 3.8) is 0 Å². The van der Waals surface area contributed by atoms with Crippen LogP contribution in [0.25, 0.3) is 0 Å². The van der Waals surface area contributed by atoms with Gasteiger partial charge in [0.05, 0.1) is 19.1 Å². The zero-order chi connectivity index (χ0) is 10.2. The Hall–Kier alpha value is -0.800. The van der Waals surface area contributed by atoms with Gasteiger partial charge >= 0.3 is 0 Å². The number of furan rings is 1. The molecule has 80 valence electrons. The van der Waals surface area contributed by atoms with Gasteiger partial charge in [0.1, 0.15) is 0 Å². The number of hydrogen-bond acceptors (Lipinski definition) is 3. The molecule has 1 rings (SSSR count). The summed E-state index contributed by atoms with van der Waals surface area (Å²) in [5.74, 6) is 0. The monoisotopic (exact) mass is 197 g/mol. The van der Waals surface area contributed by atoms with Crippen LogP contribution in [0, 0.1) is 0 Å². The van der Waals surface area contributed by atoms with Gasteiger partial charge in [0.15, 0.2) is 0 Å². The predicted octanol–water partition coefficient (Wildman–Crippen LogP) is 2.18. The molecular formula is C11H19NO2. The first kappa shape index (κ1) is 11.3. The Bertz CT molecular complexity index is 215. The molecule has 0 aliphatic rings. The van der Waals surface area contributed by atoms with Crippen molar-refractivity contribution in [1.29, 1.82) is 0 Å². The van der Waals surface area contributed by atoms with E-state index < -0.39 is 0 Å². The Labute approximate surface area is 85.4 Å². The molecule has 0 spiro atoms. The number of hydrogen-bond donors (Lipinski definition) is 1. The van der Waals surface area contributed by atoms with Crippen LogP contribution in [0.2, 0.25) is 0 Å². The van der Waals surface area contributed by atoms with Gasteiger partial charge in [0, 0.05) is 25.3 Å². The zero-order valence-electron chi connectivity index (χ0n) is 8.95. The highest BCUT2D eigenvalue weighted by Crippen LogP contribution is 2.02. The van der Waals surface area contributed by atoms with Gasteiger partial charge in [0.2, 0.25) is 0 Å². The molecule has 0 saturated carbocycles. The highest BCUT2D eigenvalue weighted by molar-refractivity contribution is 5.04. The van der Waals surface area contributed by atoms with E-state index in [0.717, 1.165) is 19.6 Å². The van der Waals surface area contributed by atoms with E-state index in [-0.39, 0.29) is 0 Å². The van der Waals surface area contributed by atoms with Crippen LogP contribution in [0.4, 0.5) is 0 Å². The molecule has 0 radical (unpaired) electrons. The van der Waals surface area contributed by atoms with Crippen molar-refractivity contribution in [2.45, 2.75) is 32.4 Å². The predicted molar refractivity (Wildman–Crippen MR) is 56.1 cm³/mol.